The summed E-state index contributed by atoms with van der Waals surface area (Å²) in [5, 5.41) is 3.42. The first-order chi connectivity index (χ1) is 13.2. The number of rotatable bonds is 5. The number of halogens is 1. The fourth-order valence-electron chi connectivity index (χ4n) is 4.09. The molecule has 0 aromatic heterocycles. The molecule has 5 nitrogen and oxygen atoms in total. The van der Waals surface area contributed by atoms with Gasteiger partial charge in [0.05, 0.1) is 0 Å². The van der Waals surface area contributed by atoms with Crippen molar-refractivity contribution in [3.63, 3.8) is 0 Å². The number of carbonyl (C=O) groups excluding carboxylic acids is 1. The summed E-state index contributed by atoms with van der Waals surface area (Å²) in [6.07, 6.45) is 4.92. The molecule has 1 aromatic rings. The summed E-state index contributed by atoms with van der Waals surface area (Å²) in [6, 6.07) is 8.46. The van der Waals surface area contributed by atoms with Crippen molar-refractivity contribution in [3.05, 3.63) is 35.4 Å². The largest absolute Gasteiger partial charge is 0.357 e. The molecule has 0 saturated carbocycles. The van der Waals surface area contributed by atoms with Crippen molar-refractivity contribution in [2.45, 2.75) is 52.5 Å². The molecule has 0 spiro atoms. The molecular weight excluding hydrogens is 463 g/mol. The molecule has 2 heterocycles. The molecule has 0 aliphatic carbocycles. The van der Waals surface area contributed by atoms with Crippen LogP contribution in [0, 0.1) is 5.92 Å². The van der Waals surface area contributed by atoms with Gasteiger partial charge in [-0.15, -0.1) is 24.0 Å². The van der Waals surface area contributed by atoms with E-state index < -0.39 is 0 Å². The van der Waals surface area contributed by atoms with E-state index in [2.05, 4.69) is 48.3 Å². The van der Waals surface area contributed by atoms with Gasteiger partial charge in [-0.05, 0) is 49.7 Å². The number of nitrogens with one attached hydrogen (secondary N) is 1. The average Bonchev–Trinajstić information content (AvgIpc) is 2.69. The summed E-state index contributed by atoms with van der Waals surface area (Å²) in [4.78, 5) is 21.7. The van der Waals surface area contributed by atoms with Gasteiger partial charge in [0.25, 0.3) is 0 Å². The fraction of sp³-hybridized carbons (Fsp3) is 0.636. The molecule has 2 aliphatic heterocycles. The van der Waals surface area contributed by atoms with E-state index in [9.17, 15) is 4.79 Å². The normalized spacial score (nSPS) is 19.6. The van der Waals surface area contributed by atoms with E-state index in [0.717, 1.165) is 57.4 Å². The number of aliphatic imine (C=N–C) groups is 1. The van der Waals surface area contributed by atoms with E-state index >= 15 is 0 Å². The minimum atomic E-state index is 0. The Labute approximate surface area is 187 Å². The van der Waals surface area contributed by atoms with Gasteiger partial charge in [-0.3, -0.25) is 9.79 Å². The SMILES string of the molecule is CCNC(=NCCCC(=O)N1CCc2ccccc2C1)N1CCCC(C)C1.I. The third kappa shape index (κ3) is 6.36. The van der Waals surface area contributed by atoms with Gasteiger partial charge in [0.2, 0.25) is 5.91 Å². The highest BCUT2D eigenvalue weighted by molar-refractivity contribution is 14.0. The molecule has 0 radical (unpaired) electrons. The Morgan fingerprint density at radius 3 is 2.75 bits per heavy atom. The summed E-state index contributed by atoms with van der Waals surface area (Å²) in [5.41, 5.74) is 2.68. The van der Waals surface area contributed by atoms with Crippen LogP contribution in [0.2, 0.25) is 0 Å². The highest BCUT2D eigenvalue weighted by Gasteiger charge is 2.21. The molecule has 1 unspecified atom stereocenters. The Morgan fingerprint density at radius 2 is 2.00 bits per heavy atom. The molecule has 1 fully saturated rings. The van der Waals surface area contributed by atoms with E-state index in [-0.39, 0.29) is 29.9 Å². The van der Waals surface area contributed by atoms with Crippen LogP contribution in [0.5, 0.6) is 0 Å². The van der Waals surface area contributed by atoms with Crippen molar-refractivity contribution in [3.8, 4) is 0 Å². The molecule has 1 saturated heterocycles. The minimum absolute atomic E-state index is 0. The van der Waals surface area contributed by atoms with E-state index in [1.54, 1.807) is 0 Å². The van der Waals surface area contributed by atoms with Gasteiger partial charge in [0.15, 0.2) is 5.96 Å². The second kappa shape index (κ2) is 11.6. The van der Waals surface area contributed by atoms with Crippen LogP contribution in [0.3, 0.4) is 0 Å². The Hall–Kier alpha value is -1.31. The second-order valence-electron chi connectivity index (χ2n) is 7.87. The Morgan fingerprint density at radius 1 is 1.21 bits per heavy atom. The molecule has 156 valence electrons. The maximum Gasteiger partial charge on any atom is 0.222 e. The first-order valence-electron chi connectivity index (χ1n) is 10.5. The highest BCUT2D eigenvalue weighted by Crippen LogP contribution is 2.19. The molecule has 28 heavy (non-hydrogen) atoms. The van der Waals surface area contributed by atoms with Crippen molar-refractivity contribution in [2.24, 2.45) is 10.9 Å². The lowest BCUT2D eigenvalue weighted by molar-refractivity contribution is -0.132. The molecule has 1 aromatic carbocycles. The standard InChI is InChI=1S/C22H34N4O.HI/c1-3-23-22(26-14-7-8-18(2)16-26)24-13-6-11-21(27)25-15-12-19-9-4-5-10-20(19)17-25;/h4-5,9-10,18H,3,6-8,11-17H2,1-2H3,(H,23,24);1H. The van der Waals surface area contributed by atoms with Gasteiger partial charge in [0.1, 0.15) is 0 Å². The second-order valence-corrected chi connectivity index (χ2v) is 7.87. The number of carbonyl (C=O) groups is 1. The quantitative estimate of drug-likeness (QED) is 0.292. The van der Waals surface area contributed by atoms with Crippen molar-refractivity contribution in [2.75, 3.05) is 32.7 Å². The van der Waals surface area contributed by atoms with Crippen molar-refractivity contribution in [1.82, 2.24) is 15.1 Å². The van der Waals surface area contributed by atoms with Gasteiger partial charge in [-0.25, -0.2) is 0 Å². The minimum Gasteiger partial charge on any atom is -0.357 e. The third-order valence-corrected chi connectivity index (χ3v) is 5.59. The lowest BCUT2D eigenvalue weighted by atomic mass is 9.99. The molecular formula is C22H35IN4O. The zero-order chi connectivity index (χ0) is 19.1. The number of benzene rings is 1. The first-order valence-corrected chi connectivity index (χ1v) is 10.5. The molecule has 1 atom stereocenters. The van der Waals surface area contributed by atoms with Crippen LogP contribution in [0.4, 0.5) is 0 Å². The number of guanidine groups is 1. The molecule has 1 amide bonds. The van der Waals surface area contributed by atoms with Crippen LogP contribution in [0.1, 0.15) is 50.7 Å². The highest BCUT2D eigenvalue weighted by atomic mass is 127. The van der Waals surface area contributed by atoms with Crippen LogP contribution in [0.25, 0.3) is 0 Å². The Bertz CT molecular complexity index is 664. The van der Waals surface area contributed by atoms with Crippen molar-refractivity contribution < 1.29 is 4.79 Å². The van der Waals surface area contributed by atoms with Gasteiger partial charge in [0, 0.05) is 45.7 Å². The monoisotopic (exact) mass is 498 g/mol. The van der Waals surface area contributed by atoms with Crippen LogP contribution in [-0.4, -0.2) is 54.4 Å². The molecule has 6 heteroatoms. The maximum atomic E-state index is 12.6. The van der Waals surface area contributed by atoms with E-state index in [1.165, 1.54) is 24.0 Å². The van der Waals surface area contributed by atoms with Crippen LogP contribution in [-0.2, 0) is 17.8 Å². The lowest BCUT2D eigenvalue weighted by Crippen LogP contribution is -2.46. The van der Waals surface area contributed by atoms with Crippen molar-refractivity contribution >= 4 is 35.8 Å². The van der Waals surface area contributed by atoms with E-state index in [4.69, 9.17) is 4.99 Å². The number of fused-ring (bicyclic) bond motifs is 1. The number of nitrogens with zero attached hydrogens (tertiary/aromatic N) is 3. The Balaban J connectivity index is 0.00000280. The lowest BCUT2D eigenvalue weighted by Gasteiger charge is -2.33. The summed E-state index contributed by atoms with van der Waals surface area (Å²) in [6.45, 7) is 9.78. The number of piperidine rings is 1. The smallest absolute Gasteiger partial charge is 0.222 e. The van der Waals surface area contributed by atoms with Gasteiger partial charge in [-0.2, -0.15) is 0 Å². The average molecular weight is 498 g/mol. The molecule has 2 aliphatic rings. The van der Waals surface area contributed by atoms with Crippen LogP contribution < -0.4 is 5.32 Å². The van der Waals surface area contributed by atoms with Gasteiger partial charge >= 0.3 is 0 Å². The number of amides is 1. The van der Waals surface area contributed by atoms with Crippen LogP contribution >= 0.6 is 24.0 Å². The van der Waals surface area contributed by atoms with Gasteiger partial charge in [-0.1, -0.05) is 31.2 Å². The summed E-state index contributed by atoms with van der Waals surface area (Å²) in [7, 11) is 0. The molecule has 1 N–H and O–H groups in total. The number of hydrogen-bond acceptors (Lipinski definition) is 2. The predicted octanol–water partition coefficient (Wildman–Crippen LogP) is 3.67. The van der Waals surface area contributed by atoms with E-state index in [1.807, 2.05) is 4.90 Å². The fourth-order valence-corrected chi connectivity index (χ4v) is 4.09. The first kappa shape index (κ1) is 23.0. The number of likely N-dealkylation sites (tertiary alicyclic amines) is 1. The van der Waals surface area contributed by atoms with Crippen molar-refractivity contribution in [1.29, 1.82) is 0 Å². The zero-order valence-corrected chi connectivity index (χ0v) is 19.7. The van der Waals surface area contributed by atoms with E-state index in [0.29, 0.717) is 13.0 Å². The summed E-state index contributed by atoms with van der Waals surface area (Å²) >= 11 is 0. The van der Waals surface area contributed by atoms with Gasteiger partial charge < -0.3 is 15.1 Å². The predicted molar refractivity (Wildman–Crippen MR) is 126 cm³/mol. The molecule has 3 rings (SSSR count). The third-order valence-electron chi connectivity index (χ3n) is 5.59. The Kier molecular flexibility index (Phi) is 9.55. The number of hydrogen-bond donors (Lipinski definition) is 1. The maximum absolute atomic E-state index is 12.6. The van der Waals surface area contributed by atoms with Crippen LogP contribution in [0.15, 0.2) is 29.3 Å². The summed E-state index contributed by atoms with van der Waals surface area (Å²) < 4.78 is 0. The summed E-state index contributed by atoms with van der Waals surface area (Å²) in [5.74, 6) is 2.01. The zero-order valence-electron chi connectivity index (χ0n) is 17.3. The molecule has 0 bridgehead atoms. The topological polar surface area (TPSA) is 47.9 Å².